The summed E-state index contributed by atoms with van der Waals surface area (Å²) in [4.78, 5) is 11.0. The van der Waals surface area contributed by atoms with Crippen LogP contribution in [0.4, 0.5) is 0 Å². The van der Waals surface area contributed by atoms with Crippen LogP contribution in [0, 0.1) is 0 Å². The highest BCUT2D eigenvalue weighted by Gasteiger charge is 2.47. The van der Waals surface area contributed by atoms with Crippen molar-refractivity contribution >= 4 is 16.0 Å². The monoisotopic (exact) mass is 262 g/mol. The largest absolute Gasteiger partial charge is 0.480 e. The van der Waals surface area contributed by atoms with Crippen molar-refractivity contribution in [2.75, 3.05) is 13.1 Å². The lowest BCUT2D eigenvalue weighted by Crippen LogP contribution is -2.51. The quantitative estimate of drug-likeness (QED) is 0.730. The summed E-state index contributed by atoms with van der Waals surface area (Å²) in [7, 11) is -3.35. The number of hydrogen-bond donors (Lipinski definition) is 2. The molecule has 6 nitrogen and oxygen atoms in total. The van der Waals surface area contributed by atoms with E-state index in [9.17, 15) is 13.2 Å². The van der Waals surface area contributed by atoms with Crippen LogP contribution in [-0.2, 0) is 14.8 Å². The zero-order chi connectivity index (χ0) is 12.7. The SMILES string of the molecule is NC1(C(=O)O)CCN(S(=O)(=O)C2CCCC2)C1. The highest BCUT2D eigenvalue weighted by Crippen LogP contribution is 2.31. The van der Waals surface area contributed by atoms with E-state index in [1.165, 1.54) is 4.31 Å². The molecule has 0 aromatic heterocycles. The van der Waals surface area contributed by atoms with Gasteiger partial charge < -0.3 is 10.8 Å². The molecule has 1 saturated heterocycles. The molecule has 0 amide bonds. The molecule has 3 N–H and O–H groups in total. The first-order chi connectivity index (χ1) is 7.86. The lowest BCUT2D eigenvalue weighted by Gasteiger charge is -2.22. The summed E-state index contributed by atoms with van der Waals surface area (Å²) in [5.74, 6) is -1.12. The predicted molar refractivity (Wildman–Crippen MR) is 61.9 cm³/mol. The molecule has 2 aliphatic rings. The van der Waals surface area contributed by atoms with Gasteiger partial charge in [0.25, 0.3) is 0 Å². The van der Waals surface area contributed by atoms with Crippen LogP contribution in [0.1, 0.15) is 32.1 Å². The Labute approximate surface area is 101 Å². The van der Waals surface area contributed by atoms with E-state index >= 15 is 0 Å². The van der Waals surface area contributed by atoms with Gasteiger partial charge >= 0.3 is 5.97 Å². The summed E-state index contributed by atoms with van der Waals surface area (Å²) in [5.41, 5.74) is 4.27. The van der Waals surface area contributed by atoms with Crippen LogP contribution >= 0.6 is 0 Å². The number of carboxylic acids is 1. The average molecular weight is 262 g/mol. The normalized spacial score (nSPS) is 32.1. The molecule has 1 aliphatic heterocycles. The third-order valence-corrected chi connectivity index (χ3v) is 6.12. The fourth-order valence-corrected chi connectivity index (χ4v) is 4.69. The minimum Gasteiger partial charge on any atom is -0.480 e. The van der Waals surface area contributed by atoms with Gasteiger partial charge in [0.15, 0.2) is 0 Å². The first-order valence-electron chi connectivity index (χ1n) is 5.87. The molecule has 1 atom stereocenters. The Morgan fingerprint density at radius 2 is 1.94 bits per heavy atom. The van der Waals surface area contributed by atoms with E-state index in [1.54, 1.807) is 0 Å². The van der Waals surface area contributed by atoms with Gasteiger partial charge in [-0.05, 0) is 19.3 Å². The van der Waals surface area contributed by atoms with Crippen LogP contribution in [0.5, 0.6) is 0 Å². The maximum Gasteiger partial charge on any atom is 0.325 e. The summed E-state index contributed by atoms with van der Waals surface area (Å²) in [5, 5.41) is 8.64. The van der Waals surface area contributed by atoms with Crippen molar-refractivity contribution in [3.63, 3.8) is 0 Å². The maximum atomic E-state index is 12.2. The second-order valence-corrected chi connectivity index (χ2v) is 7.21. The lowest BCUT2D eigenvalue weighted by molar-refractivity contribution is -0.142. The van der Waals surface area contributed by atoms with Crippen molar-refractivity contribution < 1.29 is 18.3 Å². The Bertz CT molecular complexity index is 416. The first-order valence-corrected chi connectivity index (χ1v) is 7.38. The first kappa shape index (κ1) is 12.8. The van der Waals surface area contributed by atoms with Crippen LogP contribution in [-0.4, -0.2) is 47.7 Å². The molecular weight excluding hydrogens is 244 g/mol. The molecule has 0 bridgehead atoms. The third kappa shape index (κ3) is 2.19. The van der Waals surface area contributed by atoms with Crippen molar-refractivity contribution in [2.24, 2.45) is 5.73 Å². The van der Waals surface area contributed by atoms with Crippen molar-refractivity contribution in [1.29, 1.82) is 0 Å². The van der Waals surface area contributed by atoms with Crippen LogP contribution < -0.4 is 5.73 Å². The van der Waals surface area contributed by atoms with E-state index in [2.05, 4.69) is 0 Å². The molecule has 7 heteroatoms. The standard InChI is InChI=1S/C10H18N2O4S/c11-10(9(13)14)5-6-12(7-10)17(15,16)8-3-1-2-4-8/h8H,1-7,11H2,(H,13,14). The van der Waals surface area contributed by atoms with Crippen molar-refractivity contribution in [3.05, 3.63) is 0 Å². The molecule has 1 saturated carbocycles. The second-order valence-electron chi connectivity index (χ2n) is 5.00. The Morgan fingerprint density at radius 3 is 2.41 bits per heavy atom. The van der Waals surface area contributed by atoms with E-state index in [-0.39, 0.29) is 24.8 Å². The van der Waals surface area contributed by atoms with E-state index in [0.717, 1.165) is 12.8 Å². The molecule has 0 spiro atoms. The number of aliphatic carboxylic acids is 1. The van der Waals surface area contributed by atoms with Gasteiger partial charge in [0.05, 0.1) is 5.25 Å². The van der Waals surface area contributed by atoms with Gasteiger partial charge in [-0.25, -0.2) is 8.42 Å². The fraction of sp³-hybridized carbons (Fsp3) is 0.900. The average Bonchev–Trinajstić information content (AvgIpc) is 2.86. The van der Waals surface area contributed by atoms with E-state index < -0.39 is 21.5 Å². The Morgan fingerprint density at radius 1 is 1.35 bits per heavy atom. The summed E-state index contributed by atoms with van der Waals surface area (Å²) in [6.45, 7) is 0.128. The molecule has 0 aromatic carbocycles. The lowest BCUT2D eigenvalue weighted by atomic mass is 10.0. The zero-order valence-corrected chi connectivity index (χ0v) is 10.4. The van der Waals surface area contributed by atoms with Crippen molar-refractivity contribution in [3.8, 4) is 0 Å². The Balaban J connectivity index is 2.12. The van der Waals surface area contributed by atoms with E-state index in [0.29, 0.717) is 12.8 Å². The molecule has 17 heavy (non-hydrogen) atoms. The van der Waals surface area contributed by atoms with Crippen LogP contribution in [0.15, 0.2) is 0 Å². The summed E-state index contributed by atoms with van der Waals surface area (Å²) < 4.78 is 25.7. The van der Waals surface area contributed by atoms with Gasteiger partial charge in [-0.1, -0.05) is 12.8 Å². The molecular formula is C10H18N2O4S. The summed E-state index contributed by atoms with van der Waals surface area (Å²) in [6, 6.07) is 0. The molecule has 0 radical (unpaired) electrons. The summed E-state index contributed by atoms with van der Waals surface area (Å²) in [6.07, 6.45) is 3.43. The second kappa shape index (κ2) is 4.22. The number of sulfonamides is 1. The Kier molecular flexibility index (Phi) is 3.17. The van der Waals surface area contributed by atoms with Crippen LogP contribution in [0.2, 0.25) is 0 Å². The van der Waals surface area contributed by atoms with E-state index in [4.69, 9.17) is 10.8 Å². The molecule has 2 fully saturated rings. The van der Waals surface area contributed by atoms with Crippen molar-refractivity contribution in [2.45, 2.75) is 42.9 Å². The zero-order valence-electron chi connectivity index (χ0n) is 9.63. The number of hydrogen-bond acceptors (Lipinski definition) is 4. The number of carboxylic acid groups (broad SMARTS) is 1. The number of rotatable bonds is 3. The van der Waals surface area contributed by atoms with Gasteiger partial charge in [0, 0.05) is 13.1 Å². The topological polar surface area (TPSA) is 101 Å². The van der Waals surface area contributed by atoms with Gasteiger partial charge in [0.2, 0.25) is 10.0 Å². The number of nitrogens with two attached hydrogens (primary N) is 1. The number of carbonyl (C=O) groups is 1. The smallest absolute Gasteiger partial charge is 0.325 e. The molecule has 98 valence electrons. The van der Waals surface area contributed by atoms with Gasteiger partial charge in [-0.15, -0.1) is 0 Å². The molecule has 2 rings (SSSR count). The van der Waals surface area contributed by atoms with E-state index in [1.807, 2.05) is 0 Å². The minimum atomic E-state index is -3.35. The van der Waals surface area contributed by atoms with Crippen LogP contribution in [0.25, 0.3) is 0 Å². The highest BCUT2D eigenvalue weighted by molar-refractivity contribution is 7.89. The summed E-state index contributed by atoms with van der Waals surface area (Å²) >= 11 is 0. The van der Waals surface area contributed by atoms with Gasteiger partial charge in [0.1, 0.15) is 5.54 Å². The molecule has 1 unspecified atom stereocenters. The molecule has 0 aromatic rings. The highest BCUT2D eigenvalue weighted by atomic mass is 32.2. The molecule has 1 aliphatic carbocycles. The minimum absolute atomic E-state index is 0.0961. The maximum absolute atomic E-state index is 12.2. The van der Waals surface area contributed by atoms with Gasteiger partial charge in [-0.2, -0.15) is 4.31 Å². The molecule has 1 heterocycles. The number of nitrogens with zero attached hydrogens (tertiary/aromatic N) is 1. The van der Waals surface area contributed by atoms with Gasteiger partial charge in [-0.3, -0.25) is 4.79 Å². The fourth-order valence-electron chi connectivity index (χ4n) is 2.59. The van der Waals surface area contributed by atoms with Crippen molar-refractivity contribution in [1.82, 2.24) is 4.31 Å². The van der Waals surface area contributed by atoms with Crippen LogP contribution in [0.3, 0.4) is 0 Å². The third-order valence-electron chi connectivity index (χ3n) is 3.78. The Hall–Kier alpha value is -0.660. The predicted octanol–water partition coefficient (Wildman–Crippen LogP) is -0.253.